The van der Waals surface area contributed by atoms with Crippen LogP contribution in [0.4, 0.5) is 0 Å². The summed E-state index contributed by atoms with van der Waals surface area (Å²) < 4.78 is 11.1. The van der Waals surface area contributed by atoms with Crippen molar-refractivity contribution in [1.29, 1.82) is 0 Å². The molecular weight excluding hydrogens is 580 g/mol. The molecule has 0 aromatic heterocycles. The van der Waals surface area contributed by atoms with Gasteiger partial charge in [0.2, 0.25) is 0 Å². The molecule has 0 aromatic carbocycles. The number of hydrogen-bond donors (Lipinski definition) is 1. The number of carbonyl (C=O) groups excluding carboxylic acids is 1. The summed E-state index contributed by atoms with van der Waals surface area (Å²) in [6, 6.07) is 0. The number of aliphatic hydroxyl groups excluding tert-OH is 1. The van der Waals surface area contributed by atoms with Gasteiger partial charge in [0.05, 0.1) is 13.2 Å². The lowest BCUT2D eigenvalue weighted by atomic mass is 10.1. The number of unbranched alkanes of at least 4 members (excludes halogenated alkanes) is 18. The molecule has 0 saturated carbocycles. The Morgan fingerprint density at radius 3 is 1.45 bits per heavy atom. The smallest absolute Gasteiger partial charge is 0.306 e. The molecule has 1 unspecified atom stereocenters. The summed E-state index contributed by atoms with van der Waals surface area (Å²) in [5.41, 5.74) is 0. The van der Waals surface area contributed by atoms with E-state index >= 15 is 0 Å². The van der Waals surface area contributed by atoms with Crippen molar-refractivity contribution < 1.29 is 19.4 Å². The second-order valence-corrected chi connectivity index (χ2v) is 13.0. The van der Waals surface area contributed by atoms with Crippen molar-refractivity contribution in [3.8, 4) is 0 Å². The van der Waals surface area contributed by atoms with Crippen LogP contribution in [0.25, 0.3) is 0 Å². The number of ether oxygens (including phenoxy) is 2. The Morgan fingerprint density at radius 2 is 0.957 bits per heavy atom. The van der Waals surface area contributed by atoms with Crippen LogP contribution in [0.1, 0.15) is 181 Å². The highest BCUT2D eigenvalue weighted by Crippen LogP contribution is 2.13. The second kappa shape index (κ2) is 40.3. The van der Waals surface area contributed by atoms with Crippen LogP contribution in [0.2, 0.25) is 0 Å². The molecule has 0 heterocycles. The average molecular weight is 657 g/mol. The first kappa shape index (κ1) is 45.1. The van der Waals surface area contributed by atoms with Crippen molar-refractivity contribution in [2.45, 2.75) is 187 Å². The Bertz CT molecular complexity index is 779. The largest absolute Gasteiger partial charge is 0.457 e. The third-order valence-corrected chi connectivity index (χ3v) is 8.34. The summed E-state index contributed by atoms with van der Waals surface area (Å²) in [6.45, 7) is 5.15. The number of carbonyl (C=O) groups is 1. The number of rotatable bonds is 36. The molecule has 0 saturated heterocycles. The third-order valence-electron chi connectivity index (χ3n) is 8.34. The molecule has 0 spiro atoms. The van der Waals surface area contributed by atoms with Gasteiger partial charge in [-0.25, -0.2) is 0 Å². The minimum Gasteiger partial charge on any atom is -0.457 e. The van der Waals surface area contributed by atoms with E-state index < -0.39 is 6.10 Å². The van der Waals surface area contributed by atoms with Crippen molar-refractivity contribution in [2.75, 3.05) is 19.8 Å². The van der Waals surface area contributed by atoms with Crippen molar-refractivity contribution in [1.82, 2.24) is 0 Å². The molecule has 1 atom stereocenters. The minimum absolute atomic E-state index is 0.203. The van der Waals surface area contributed by atoms with E-state index in [2.05, 4.69) is 68.5 Å². The molecule has 4 heteroatoms. The van der Waals surface area contributed by atoms with E-state index in [1.54, 1.807) is 0 Å². The number of esters is 1. The molecular formula is C43H76O4. The van der Waals surface area contributed by atoms with Gasteiger partial charge in [0, 0.05) is 13.0 Å². The van der Waals surface area contributed by atoms with Crippen LogP contribution in [0.5, 0.6) is 0 Å². The summed E-state index contributed by atoms with van der Waals surface area (Å²) in [7, 11) is 0. The SMILES string of the molecule is CC/C=C\C/C=C\C/C=C\C/C=C\CCC(=O)OC(CO)COCCCCCCCCCCCC/C=C\CCCCCCCCCC. The molecule has 0 radical (unpaired) electrons. The zero-order valence-corrected chi connectivity index (χ0v) is 31.0. The van der Waals surface area contributed by atoms with E-state index in [9.17, 15) is 9.90 Å². The lowest BCUT2D eigenvalue weighted by Crippen LogP contribution is -2.27. The summed E-state index contributed by atoms with van der Waals surface area (Å²) in [6.07, 6.45) is 52.9. The molecule has 272 valence electrons. The van der Waals surface area contributed by atoms with Gasteiger partial charge in [-0.1, -0.05) is 171 Å². The van der Waals surface area contributed by atoms with Crippen LogP contribution in [-0.2, 0) is 14.3 Å². The molecule has 0 fully saturated rings. The fourth-order valence-electron chi connectivity index (χ4n) is 5.39. The zero-order chi connectivity index (χ0) is 34.1. The molecule has 0 bridgehead atoms. The summed E-state index contributed by atoms with van der Waals surface area (Å²) in [5.74, 6) is -0.281. The maximum atomic E-state index is 12.1. The van der Waals surface area contributed by atoms with E-state index in [0.29, 0.717) is 19.4 Å². The predicted octanol–water partition coefficient (Wildman–Crippen LogP) is 12.9. The molecule has 0 amide bonds. The third kappa shape index (κ3) is 38.4. The van der Waals surface area contributed by atoms with Crippen LogP contribution in [-0.4, -0.2) is 37.0 Å². The van der Waals surface area contributed by atoms with E-state index in [1.165, 1.54) is 122 Å². The Balaban J connectivity index is 3.48. The van der Waals surface area contributed by atoms with Crippen molar-refractivity contribution in [2.24, 2.45) is 0 Å². The maximum absolute atomic E-state index is 12.1. The first-order valence-corrected chi connectivity index (χ1v) is 19.9. The van der Waals surface area contributed by atoms with Crippen molar-refractivity contribution >= 4 is 5.97 Å². The topological polar surface area (TPSA) is 55.8 Å². The number of hydrogen-bond acceptors (Lipinski definition) is 4. The second-order valence-electron chi connectivity index (χ2n) is 13.0. The Hall–Kier alpha value is -1.91. The number of allylic oxidation sites excluding steroid dienone is 10. The van der Waals surface area contributed by atoms with E-state index in [4.69, 9.17) is 9.47 Å². The summed E-state index contributed by atoms with van der Waals surface area (Å²) in [5, 5.41) is 9.55. The molecule has 0 aromatic rings. The fraction of sp³-hybridized carbons (Fsp3) is 0.744. The highest BCUT2D eigenvalue weighted by Gasteiger charge is 2.13. The highest BCUT2D eigenvalue weighted by molar-refractivity contribution is 5.69. The first-order chi connectivity index (χ1) is 23.2. The lowest BCUT2D eigenvalue weighted by molar-refractivity contribution is -0.154. The van der Waals surface area contributed by atoms with Gasteiger partial charge < -0.3 is 14.6 Å². The van der Waals surface area contributed by atoms with Gasteiger partial charge in [0.25, 0.3) is 0 Å². The summed E-state index contributed by atoms with van der Waals surface area (Å²) >= 11 is 0. The van der Waals surface area contributed by atoms with E-state index in [-0.39, 0.29) is 19.2 Å². The Labute approximate surface area is 292 Å². The maximum Gasteiger partial charge on any atom is 0.306 e. The van der Waals surface area contributed by atoms with Gasteiger partial charge in [0.1, 0.15) is 6.10 Å². The van der Waals surface area contributed by atoms with E-state index in [1.807, 2.05) is 6.08 Å². The molecule has 1 N–H and O–H groups in total. The van der Waals surface area contributed by atoms with Crippen LogP contribution >= 0.6 is 0 Å². The van der Waals surface area contributed by atoms with Crippen LogP contribution < -0.4 is 0 Å². The average Bonchev–Trinajstić information content (AvgIpc) is 3.08. The Kier molecular flexibility index (Phi) is 38.6. The van der Waals surface area contributed by atoms with Gasteiger partial charge in [-0.2, -0.15) is 0 Å². The lowest BCUT2D eigenvalue weighted by Gasteiger charge is -2.15. The molecule has 0 aliphatic carbocycles. The summed E-state index contributed by atoms with van der Waals surface area (Å²) in [4.78, 5) is 12.1. The normalized spacial score (nSPS) is 13.0. The van der Waals surface area contributed by atoms with Gasteiger partial charge in [-0.15, -0.1) is 0 Å². The van der Waals surface area contributed by atoms with E-state index in [0.717, 1.165) is 32.1 Å². The quantitative estimate of drug-likeness (QED) is 0.0414. The van der Waals surface area contributed by atoms with Gasteiger partial charge >= 0.3 is 5.97 Å². The molecule has 4 nitrogen and oxygen atoms in total. The van der Waals surface area contributed by atoms with Crippen LogP contribution in [0, 0.1) is 0 Å². The molecule has 0 aliphatic heterocycles. The predicted molar refractivity (Wildman–Crippen MR) is 205 cm³/mol. The van der Waals surface area contributed by atoms with Gasteiger partial charge in [-0.3, -0.25) is 4.79 Å². The molecule has 0 aliphatic rings. The van der Waals surface area contributed by atoms with Gasteiger partial charge in [0.15, 0.2) is 0 Å². The standard InChI is InChI=1S/C43H76O4/c1-3-5-7-9-11-13-15-17-18-19-20-21-22-23-24-25-27-29-31-33-35-37-39-46-41-42(40-44)47-43(45)38-36-34-32-30-28-26-16-14-12-10-8-6-4-2/h6,8,12,14,19-20,26,28,32,34,42,44H,3-5,7,9-11,13,15-18,21-25,27,29-31,33,35-41H2,1-2H3/b8-6-,14-12-,20-19-,28-26-,34-32-. The Morgan fingerprint density at radius 1 is 0.532 bits per heavy atom. The molecule has 0 rings (SSSR count). The van der Waals surface area contributed by atoms with Gasteiger partial charge in [-0.05, 0) is 64.2 Å². The number of aliphatic hydroxyl groups is 1. The van der Waals surface area contributed by atoms with Crippen molar-refractivity contribution in [3.05, 3.63) is 60.8 Å². The fourth-order valence-corrected chi connectivity index (χ4v) is 5.39. The van der Waals surface area contributed by atoms with Crippen LogP contribution in [0.3, 0.4) is 0 Å². The highest BCUT2D eigenvalue weighted by atomic mass is 16.6. The first-order valence-electron chi connectivity index (χ1n) is 19.9. The van der Waals surface area contributed by atoms with Crippen molar-refractivity contribution in [3.63, 3.8) is 0 Å². The zero-order valence-electron chi connectivity index (χ0n) is 31.0. The van der Waals surface area contributed by atoms with Crippen LogP contribution in [0.15, 0.2) is 60.8 Å². The minimum atomic E-state index is -0.573. The molecule has 47 heavy (non-hydrogen) atoms. The monoisotopic (exact) mass is 657 g/mol.